The van der Waals surface area contributed by atoms with Crippen LogP contribution in [0.4, 0.5) is 27.1 Å². The molecule has 0 bridgehead atoms. The van der Waals surface area contributed by atoms with E-state index in [-0.39, 0.29) is 16.6 Å². The van der Waals surface area contributed by atoms with Gasteiger partial charge in [-0.15, -0.1) is 0 Å². The molecule has 0 spiro atoms. The van der Waals surface area contributed by atoms with Crippen LogP contribution in [0, 0.1) is 5.82 Å². The molecule has 0 atom stereocenters. The normalized spacial score (nSPS) is 10.9. The highest BCUT2D eigenvalue weighted by Crippen LogP contribution is 2.22. The molecular weight excluding hydrogens is 381 g/mol. The van der Waals surface area contributed by atoms with Crippen molar-refractivity contribution in [2.24, 2.45) is 0 Å². The maximum absolute atomic E-state index is 12.9. The van der Waals surface area contributed by atoms with E-state index in [1.54, 1.807) is 36.4 Å². The van der Waals surface area contributed by atoms with Gasteiger partial charge in [0.25, 0.3) is 10.0 Å². The maximum Gasteiger partial charge on any atom is 0.261 e. The monoisotopic (exact) mass is 399 g/mol. The Morgan fingerprint density at radius 2 is 1.21 bits per heavy atom. The second-order valence-electron chi connectivity index (χ2n) is 6.02. The fraction of sp³-hybridized carbons (Fsp3) is 0.0500. The molecule has 0 radical (unpaired) electrons. The van der Waals surface area contributed by atoms with Crippen LogP contribution >= 0.6 is 0 Å². The molecule has 8 heteroatoms. The Labute approximate surface area is 162 Å². The Morgan fingerprint density at radius 3 is 1.75 bits per heavy atom. The Balaban J connectivity index is 1.68. The molecule has 3 aromatic carbocycles. The van der Waals surface area contributed by atoms with E-state index in [1.165, 1.54) is 43.3 Å². The number of benzene rings is 3. The summed E-state index contributed by atoms with van der Waals surface area (Å²) >= 11 is 0. The van der Waals surface area contributed by atoms with Crippen LogP contribution in [0.1, 0.15) is 6.92 Å². The van der Waals surface area contributed by atoms with E-state index in [4.69, 9.17) is 0 Å². The lowest BCUT2D eigenvalue weighted by molar-refractivity contribution is -0.114. The average molecular weight is 399 g/mol. The molecular formula is C20H18FN3O3S. The summed E-state index contributed by atoms with van der Waals surface area (Å²) in [5, 5.41) is 5.68. The Bertz CT molecular complexity index is 1070. The van der Waals surface area contributed by atoms with Crippen LogP contribution in [0.15, 0.2) is 77.7 Å². The number of amides is 1. The number of carbonyl (C=O) groups is 1. The summed E-state index contributed by atoms with van der Waals surface area (Å²) < 4.78 is 40.4. The van der Waals surface area contributed by atoms with Crippen molar-refractivity contribution in [3.63, 3.8) is 0 Å². The molecule has 0 aliphatic carbocycles. The van der Waals surface area contributed by atoms with Gasteiger partial charge >= 0.3 is 0 Å². The molecule has 144 valence electrons. The number of nitrogens with one attached hydrogen (secondary N) is 3. The van der Waals surface area contributed by atoms with Crippen LogP contribution in [0.2, 0.25) is 0 Å². The van der Waals surface area contributed by atoms with Gasteiger partial charge in [0.15, 0.2) is 0 Å². The van der Waals surface area contributed by atoms with Gasteiger partial charge in [0.05, 0.1) is 4.90 Å². The average Bonchev–Trinajstić information content (AvgIpc) is 2.65. The van der Waals surface area contributed by atoms with E-state index in [9.17, 15) is 17.6 Å². The summed E-state index contributed by atoms with van der Waals surface area (Å²) in [4.78, 5) is 11.1. The van der Waals surface area contributed by atoms with E-state index in [1.807, 2.05) is 0 Å². The lowest BCUT2D eigenvalue weighted by Crippen LogP contribution is -2.13. The third-order valence-corrected chi connectivity index (χ3v) is 5.15. The van der Waals surface area contributed by atoms with Gasteiger partial charge in [0, 0.05) is 29.7 Å². The first-order chi connectivity index (χ1) is 13.3. The zero-order valence-electron chi connectivity index (χ0n) is 14.9. The highest BCUT2D eigenvalue weighted by molar-refractivity contribution is 7.92. The minimum Gasteiger partial charge on any atom is -0.356 e. The molecule has 6 nitrogen and oxygen atoms in total. The molecule has 3 rings (SSSR count). The maximum atomic E-state index is 12.9. The van der Waals surface area contributed by atoms with E-state index in [2.05, 4.69) is 15.4 Å². The van der Waals surface area contributed by atoms with Crippen molar-refractivity contribution in [3.8, 4) is 0 Å². The van der Waals surface area contributed by atoms with Crippen molar-refractivity contribution >= 4 is 38.7 Å². The summed E-state index contributed by atoms with van der Waals surface area (Å²) in [6.07, 6.45) is 0. The Morgan fingerprint density at radius 1 is 0.750 bits per heavy atom. The van der Waals surface area contributed by atoms with Gasteiger partial charge in [-0.25, -0.2) is 12.8 Å². The molecule has 28 heavy (non-hydrogen) atoms. The second-order valence-corrected chi connectivity index (χ2v) is 7.70. The minimum atomic E-state index is -3.76. The van der Waals surface area contributed by atoms with Crippen LogP contribution in [-0.4, -0.2) is 14.3 Å². The molecule has 1 amide bonds. The first-order valence-corrected chi connectivity index (χ1v) is 9.83. The summed E-state index contributed by atoms with van der Waals surface area (Å²) in [6, 6.07) is 18.4. The van der Waals surface area contributed by atoms with Crippen LogP contribution in [0.3, 0.4) is 0 Å². The molecule has 0 aliphatic rings. The van der Waals surface area contributed by atoms with Gasteiger partial charge < -0.3 is 10.6 Å². The Kier molecular flexibility index (Phi) is 5.60. The van der Waals surface area contributed by atoms with Gasteiger partial charge in [-0.1, -0.05) is 0 Å². The number of rotatable bonds is 6. The third-order valence-electron chi connectivity index (χ3n) is 3.75. The van der Waals surface area contributed by atoms with E-state index in [0.29, 0.717) is 17.1 Å². The number of sulfonamides is 1. The van der Waals surface area contributed by atoms with Crippen LogP contribution in [0.5, 0.6) is 0 Å². The number of hydrogen-bond acceptors (Lipinski definition) is 4. The predicted octanol–water partition coefficient (Wildman–Crippen LogP) is 4.33. The summed E-state index contributed by atoms with van der Waals surface area (Å²) in [5.74, 6) is -0.552. The fourth-order valence-electron chi connectivity index (χ4n) is 2.46. The molecule has 0 fully saturated rings. The summed E-state index contributed by atoms with van der Waals surface area (Å²) in [7, 11) is -3.76. The first-order valence-electron chi connectivity index (χ1n) is 8.35. The molecule has 0 saturated carbocycles. The van der Waals surface area contributed by atoms with Crippen molar-refractivity contribution in [2.45, 2.75) is 11.8 Å². The summed E-state index contributed by atoms with van der Waals surface area (Å²) in [5.41, 5.74) is 2.36. The first kappa shape index (κ1) is 19.4. The largest absolute Gasteiger partial charge is 0.356 e. The van der Waals surface area contributed by atoms with Crippen LogP contribution in [-0.2, 0) is 14.8 Å². The van der Waals surface area contributed by atoms with Gasteiger partial charge in [0.2, 0.25) is 5.91 Å². The van der Waals surface area contributed by atoms with Gasteiger partial charge in [-0.05, 0) is 72.8 Å². The number of halogens is 1. The van der Waals surface area contributed by atoms with Crippen LogP contribution < -0.4 is 15.4 Å². The zero-order valence-corrected chi connectivity index (χ0v) is 15.8. The molecule has 0 aromatic heterocycles. The van der Waals surface area contributed by atoms with Crippen molar-refractivity contribution in [1.82, 2.24) is 0 Å². The van der Waals surface area contributed by atoms with E-state index < -0.39 is 10.0 Å². The smallest absolute Gasteiger partial charge is 0.261 e. The van der Waals surface area contributed by atoms with Gasteiger partial charge in [0.1, 0.15) is 5.82 Å². The molecule has 0 unspecified atom stereocenters. The zero-order chi connectivity index (χ0) is 20.1. The highest BCUT2D eigenvalue weighted by atomic mass is 32.2. The van der Waals surface area contributed by atoms with Crippen molar-refractivity contribution in [2.75, 3.05) is 15.4 Å². The van der Waals surface area contributed by atoms with Crippen molar-refractivity contribution in [3.05, 3.63) is 78.6 Å². The predicted molar refractivity (Wildman–Crippen MR) is 108 cm³/mol. The number of carbonyl (C=O) groups excluding carboxylic acids is 1. The molecule has 3 aromatic rings. The van der Waals surface area contributed by atoms with Gasteiger partial charge in [-0.3, -0.25) is 9.52 Å². The standard InChI is InChI=1S/C20H18FN3O3S/c1-14(25)22-16-10-12-20(13-11-16)28(26,27)24-19-8-6-18(7-9-19)23-17-4-2-15(21)3-5-17/h2-13,23-24H,1H3,(H,22,25). The van der Waals surface area contributed by atoms with E-state index in [0.717, 1.165) is 5.69 Å². The molecule has 0 saturated heterocycles. The molecule has 3 N–H and O–H groups in total. The van der Waals surface area contributed by atoms with Crippen LogP contribution in [0.25, 0.3) is 0 Å². The molecule has 0 heterocycles. The fourth-order valence-corrected chi connectivity index (χ4v) is 3.51. The number of anilines is 4. The minimum absolute atomic E-state index is 0.0788. The quantitative estimate of drug-likeness (QED) is 0.576. The topological polar surface area (TPSA) is 87.3 Å². The van der Waals surface area contributed by atoms with Crippen molar-refractivity contribution in [1.29, 1.82) is 0 Å². The third kappa shape index (κ3) is 5.08. The second kappa shape index (κ2) is 8.10. The summed E-state index contributed by atoms with van der Waals surface area (Å²) in [6.45, 7) is 1.38. The Hall–Kier alpha value is -3.39. The molecule has 0 aliphatic heterocycles. The lowest BCUT2D eigenvalue weighted by Gasteiger charge is -2.11. The highest BCUT2D eigenvalue weighted by Gasteiger charge is 2.14. The SMILES string of the molecule is CC(=O)Nc1ccc(S(=O)(=O)Nc2ccc(Nc3ccc(F)cc3)cc2)cc1. The van der Waals surface area contributed by atoms with E-state index >= 15 is 0 Å². The van der Waals surface area contributed by atoms with Crippen molar-refractivity contribution < 1.29 is 17.6 Å². The lowest BCUT2D eigenvalue weighted by atomic mass is 10.2. The number of hydrogen-bond donors (Lipinski definition) is 3. The van der Waals surface area contributed by atoms with Gasteiger partial charge in [-0.2, -0.15) is 0 Å².